The number of sulfonamides is 1. The lowest BCUT2D eigenvalue weighted by Crippen LogP contribution is -2.41. The highest BCUT2D eigenvalue weighted by Crippen LogP contribution is 2.19. The highest BCUT2D eigenvalue weighted by molar-refractivity contribution is 7.89. The monoisotopic (exact) mass is 427 g/mol. The number of rotatable bonds is 9. The van der Waals surface area contributed by atoms with Gasteiger partial charge in [-0.15, -0.1) is 0 Å². The van der Waals surface area contributed by atoms with Crippen molar-refractivity contribution in [1.82, 2.24) is 15.0 Å². The van der Waals surface area contributed by atoms with Crippen LogP contribution in [0, 0.1) is 0 Å². The molecule has 2 N–H and O–H groups in total. The van der Waals surface area contributed by atoms with E-state index in [0.717, 1.165) is 16.3 Å². The van der Waals surface area contributed by atoms with Crippen LogP contribution in [-0.2, 0) is 19.6 Å². The van der Waals surface area contributed by atoms with Crippen molar-refractivity contribution in [2.45, 2.75) is 23.8 Å². The van der Waals surface area contributed by atoms with Gasteiger partial charge in [0.15, 0.2) is 0 Å². The number of esters is 1. The average molecular weight is 428 g/mol. The lowest BCUT2D eigenvalue weighted by atomic mass is 9.99. The highest BCUT2D eigenvalue weighted by Gasteiger charge is 2.22. The minimum atomic E-state index is -3.68. The van der Waals surface area contributed by atoms with Crippen molar-refractivity contribution in [3.63, 3.8) is 0 Å². The third kappa shape index (κ3) is 5.41. The summed E-state index contributed by atoms with van der Waals surface area (Å²) in [5.74, 6) is -0.804. The maximum absolute atomic E-state index is 12.7. The van der Waals surface area contributed by atoms with E-state index in [0.29, 0.717) is 13.1 Å². The van der Waals surface area contributed by atoms with Crippen LogP contribution in [0.25, 0.3) is 10.8 Å². The first-order valence-electron chi connectivity index (χ1n) is 9.60. The molecule has 158 valence electrons. The van der Waals surface area contributed by atoms with Crippen molar-refractivity contribution < 1.29 is 17.9 Å². The SMILES string of the molecule is COC(=O)C(CNC[C@@H](C)NS(=O)(=O)c1ccc2cnccc2c1)c1ccccc1. The molecular weight excluding hydrogens is 402 g/mol. The van der Waals surface area contributed by atoms with Crippen LogP contribution in [0.3, 0.4) is 0 Å². The molecule has 0 bridgehead atoms. The summed E-state index contributed by atoms with van der Waals surface area (Å²) in [5.41, 5.74) is 0.843. The number of hydrogen-bond acceptors (Lipinski definition) is 6. The van der Waals surface area contributed by atoms with Crippen LogP contribution in [0.1, 0.15) is 18.4 Å². The van der Waals surface area contributed by atoms with Crippen molar-refractivity contribution in [2.24, 2.45) is 0 Å². The van der Waals surface area contributed by atoms with E-state index in [1.54, 1.807) is 43.6 Å². The van der Waals surface area contributed by atoms with Crippen molar-refractivity contribution in [3.8, 4) is 0 Å². The van der Waals surface area contributed by atoms with Crippen LogP contribution in [0.5, 0.6) is 0 Å². The zero-order chi connectivity index (χ0) is 21.6. The Morgan fingerprint density at radius 1 is 1.07 bits per heavy atom. The molecule has 2 aromatic carbocycles. The number of carbonyl (C=O) groups is 1. The Balaban J connectivity index is 1.61. The van der Waals surface area contributed by atoms with Gasteiger partial charge in [0.25, 0.3) is 0 Å². The second-order valence-corrected chi connectivity index (χ2v) is 8.77. The van der Waals surface area contributed by atoms with Gasteiger partial charge in [0, 0.05) is 36.9 Å². The fourth-order valence-electron chi connectivity index (χ4n) is 3.21. The van der Waals surface area contributed by atoms with E-state index >= 15 is 0 Å². The molecule has 1 heterocycles. The molecule has 0 spiro atoms. The summed E-state index contributed by atoms with van der Waals surface area (Å²) in [6, 6.07) is 15.7. The summed E-state index contributed by atoms with van der Waals surface area (Å²) < 4.78 is 33.0. The molecular formula is C22H25N3O4S. The van der Waals surface area contributed by atoms with Gasteiger partial charge in [0.05, 0.1) is 17.9 Å². The predicted octanol–water partition coefficient (Wildman–Crippen LogP) is 2.45. The van der Waals surface area contributed by atoms with Crippen LogP contribution in [0.15, 0.2) is 71.9 Å². The van der Waals surface area contributed by atoms with Gasteiger partial charge >= 0.3 is 5.97 Å². The molecule has 1 aromatic heterocycles. The van der Waals surface area contributed by atoms with Gasteiger partial charge in [-0.05, 0) is 36.1 Å². The quantitative estimate of drug-likeness (QED) is 0.509. The maximum Gasteiger partial charge on any atom is 0.314 e. The molecule has 0 saturated heterocycles. The molecule has 0 aliphatic carbocycles. The smallest absolute Gasteiger partial charge is 0.314 e. The third-order valence-corrected chi connectivity index (χ3v) is 6.35. The largest absolute Gasteiger partial charge is 0.469 e. The Labute approximate surface area is 176 Å². The molecule has 0 radical (unpaired) electrons. The minimum absolute atomic E-state index is 0.199. The van der Waals surface area contributed by atoms with Crippen molar-refractivity contribution in [2.75, 3.05) is 20.2 Å². The molecule has 30 heavy (non-hydrogen) atoms. The van der Waals surface area contributed by atoms with Gasteiger partial charge in [-0.1, -0.05) is 36.4 Å². The molecule has 1 unspecified atom stereocenters. The number of carbonyl (C=O) groups excluding carboxylic acids is 1. The summed E-state index contributed by atoms with van der Waals surface area (Å²) in [7, 11) is -2.32. The van der Waals surface area contributed by atoms with Crippen molar-refractivity contribution in [1.29, 1.82) is 0 Å². The molecule has 0 fully saturated rings. The molecule has 8 heteroatoms. The lowest BCUT2D eigenvalue weighted by Gasteiger charge is -2.19. The normalized spacial score (nSPS) is 13.7. The van der Waals surface area contributed by atoms with Crippen LogP contribution < -0.4 is 10.0 Å². The molecule has 0 amide bonds. The number of nitrogens with one attached hydrogen (secondary N) is 2. The number of methoxy groups -OCH3 is 1. The van der Waals surface area contributed by atoms with Crippen molar-refractivity contribution >= 4 is 26.8 Å². The first-order valence-corrected chi connectivity index (χ1v) is 11.1. The first kappa shape index (κ1) is 21.9. The van der Waals surface area contributed by atoms with Crippen molar-refractivity contribution in [3.05, 3.63) is 72.6 Å². The van der Waals surface area contributed by atoms with E-state index in [4.69, 9.17) is 4.74 Å². The van der Waals surface area contributed by atoms with Crippen LogP contribution in [0.4, 0.5) is 0 Å². The summed E-state index contributed by atoms with van der Waals surface area (Å²) in [4.78, 5) is 16.4. The zero-order valence-electron chi connectivity index (χ0n) is 16.9. The van der Waals surface area contributed by atoms with Gasteiger partial charge in [0.2, 0.25) is 10.0 Å². The summed E-state index contributed by atoms with van der Waals surface area (Å²) in [5, 5.41) is 4.85. The standard InChI is InChI=1S/C22H25N3O4S/c1-16(13-24-15-21(22(26)29-2)17-6-4-3-5-7-17)25-30(27,28)20-9-8-19-14-23-11-10-18(19)12-20/h3-12,14,16,21,24-25H,13,15H2,1-2H3/t16-,21?/m1/s1. The van der Waals surface area contributed by atoms with Crippen LogP contribution >= 0.6 is 0 Å². The second-order valence-electron chi connectivity index (χ2n) is 7.05. The fourth-order valence-corrected chi connectivity index (χ4v) is 4.49. The number of fused-ring (bicyclic) bond motifs is 1. The fraction of sp³-hybridized carbons (Fsp3) is 0.273. The number of pyridine rings is 1. The zero-order valence-corrected chi connectivity index (χ0v) is 17.7. The van der Waals surface area contributed by atoms with E-state index in [1.807, 2.05) is 30.3 Å². The number of nitrogens with zero attached hydrogens (tertiary/aromatic N) is 1. The Bertz CT molecular complexity index is 1100. The predicted molar refractivity (Wildman–Crippen MR) is 116 cm³/mol. The van der Waals surface area contributed by atoms with E-state index in [1.165, 1.54) is 7.11 Å². The Morgan fingerprint density at radius 3 is 2.57 bits per heavy atom. The van der Waals surface area contributed by atoms with Gasteiger partial charge in [-0.25, -0.2) is 13.1 Å². The first-order chi connectivity index (χ1) is 14.4. The summed E-state index contributed by atoms with van der Waals surface area (Å²) in [6.45, 7) is 2.47. The Morgan fingerprint density at radius 2 is 1.83 bits per heavy atom. The summed E-state index contributed by atoms with van der Waals surface area (Å²) in [6.07, 6.45) is 3.32. The molecule has 0 aliphatic rings. The number of benzene rings is 2. The molecule has 2 atom stereocenters. The number of aromatic nitrogens is 1. The van der Waals surface area contributed by atoms with Crippen LogP contribution in [-0.4, -0.2) is 45.6 Å². The average Bonchev–Trinajstić information content (AvgIpc) is 2.76. The molecule has 3 aromatic rings. The van der Waals surface area contributed by atoms with Crippen LogP contribution in [0.2, 0.25) is 0 Å². The van der Waals surface area contributed by atoms with E-state index in [2.05, 4.69) is 15.0 Å². The minimum Gasteiger partial charge on any atom is -0.469 e. The van der Waals surface area contributed by atoms with E-state index in [9.17, 15) is 13.2 Å². The topological polar surface area (TPSA) is 97.4 Å². The Hall–Kier alpha value is -2.81. The molecule has 3 rings (SSSR count). The summed E-state index contributed by atoms with van der Waals surface area (Å²) >= 11 is 0. The van der Waals surface area contributed by atoms with Gasteiger partial charge in [-0.2, -0.15) is 0 Å². The highest BCUT2D eigenvalue weighted by atomic mass is 32.2. The van der Waals surface area contributed by atoms with Gasteiger partial charge < -0.3 is 10.1 Å². The maximum atomic E-state index is 12.7. The van der Waals surface area contributed by atoms with Gasteiger partial charge in [-0.3, -0.25) is 9.78 Å². The van der Waals surface area contributed by atoms with E-state index < -0.39 is 15.9 Å². The molecule has 7 nitrogen and oxygen atoms in total. The number of ether oxygens (including phenoxy) is 1. The second kappa shape index (κ2) is 9.80. The Kier molecular flexibility index (Phi) is 7.15. The third-order valence-electron chi connectivity index (χ3n) is 4.77. The molecule has 0 saturated carbocycles. The van der Waals surface area contributed by atoms with Gasteiger partial charge in [0.1, 0.15) is 0 Å². The lowest BCUT2D eigenvalue weighted by molar-refractivity contribution is -0.142. The number of hydrogen-bond donors (Lipinski definition) is 2. The molecule has 0 aliphatic heterocycles. The van der Waals surface area contributed by atoms with E-state index in [-0.39, 0.29) is 16.9 Å².